The zero-order valence-corrected chi connectivity index (χ0v) is 20.2. The first-order valence-electron chi connectivity index (χ1n) is 10.4. The Labute approximate surface area is 199 Å². The maximum Gasteiger partial charge on any atom is 0.407 e. The van der Waals surface area contributed by atoms with Crippen LogP contribution in [0.4, 0.5) is 4.79 Å². The molecule has 0 radical (unpaired) electrons. The molecule has 0 saturated carbocycles. The summed E-state index contributed by atoms with van der Waals surface area (Å²) in [5, 5.41) is 8.20. The van der Waals surface area contributed by atoms with Gasteiger partial charge in [0.05, 0.1) is 6.04 Å². The molecule has 3 aromatic rings. The normalized spacial score (nSPS) is 13.4. The topological polar surface area (TPSA) is 80.3 Å². The predicted molar refractivity (Wildman–Crippen MR) is 129 cm³/mol. The molecule has 0 bridgehead atoms. The zero-order valence-electron chi connectivity index (χ0n) is 17.8. The van der Waals surface area contributed by atoms with Gasteiger partial charge in [-0.2, -0.15) is 0 Å². The molecule has 8 heteroatoms. The number of rotatable bonds is 7. The number of nitrogens with one attached hydrogen (secondary N) is 2. The first-order chi connectivity index (χ1) is 15.4. The second-order valence-electron chi connectivity index (χ2n) is 7.98. The molecule has 1 aliphatic rings. The van der Waals surface area contributed by atoms with Gasteiger partial charge in [-0.25, -0.2) is 9.78 Å². The monoisotopic (exact) mass is 513 g/mol. The number of carbonyl (C=O) groups is 2. The number of nitrogens with zero attached hydrogens (tertiary/aromatic N) is 1. The van der Waals surface area contributed by atoms with Crippen LogP contribution in [0.2, 0.25) is 0 Å². The lowest BCUT2D eigenvalue weighted by molar-refractivity contribution is -0.121. The number of aromatic nitrogens is 1. The summed E-state index contributed by atoms with van der Waals surface area (Å²) in [6.07, 6.45) is -0.611. The lowest BCUT2D eigenvalue weighted by atomic mass is 9.98. The molecular formula is C24H24BrN3O3S. The van der Waals surface area contributed by atoms with Gasteiger partial charge in [0.2, 0.25) is 5.91 Å². The molecule has 0 fully saturated rings. The van der Waals surface area contributed by atoms with E-state index in [1.807, 2.05) is 43.5 Å². The maximum atomic E-state index is 12.4. The van der Waals surface area contributed by atoms with Crippen LogP contribution in [0, 0.1) is 5.92 Å². The number of carbonyl (C=O) groups excluding carboxylic acids is 2. The molecule has 0 aliphatic heterocycles. The highest BCUT2D eigenvalue weighted by molar-refractivity contribution is 9.10. The Hall–Kier alpha value is -2.71. The van der Waals surface area contributed by atoms with E-state index in [4.69, 9.17) is 4.74 Å². The van der Waals surface area contributed by atoms with E-state index in [1.54, 1.807) is 0 Å². The van der Waals surface area contributed by atoms with Gasteiger partial charge < -0.3 is 15.4 Å². The highest BCUT2D eigenvalue weighted by Gasteiger charge is 2.29. The summed E-state index contributed by atoms with van der Waals surface area (Å²) in [6, 6.07) is 16.1. The minimum atomic E-state index is -0.611. The standard InChI is InChI=1S/C24H24BrN3O3S/c1-14(2)22(23-27-20(25)13-32-23)28-21(29)11-26-24(30)31-12-19-17-9-5-3-7-15(17)16-8-4-6-10-18(16)19/h3-10,13-14,19,22H,11-12H2,1-2H3,(H,26,30)(H,28,29)/t22-/m0/s1. The lowest BCUT2D eigenvalue weighted by Gasteiger charge is -2.20. The van der Waals surface area contributed by atoms with Crippen LogP contribution in [0.3, 0.4) is 0 Å². The molecule has 0 unspecified atom stereocenters. The van der Waals surface area contributed by atoms with E-state index in [0.29, 0.717) is 0 Å². The van der Waals surface area contributed by atoms with E-state index < -0.39 is 6.09 Å². The van der Waals surface area contributed by atoms with Crippen molar-refractivity contribution in [2.75, 3.05) is 13.2 Å². The predicted octanol–water partition coefficient (Wildman–Crippen LogP) is 5.26. The van der Waals surface area contributed by atoms with Crippen molar-refractivity contribution in [3.05, 3.63) is 74.6 Å². The number of alkyl carbamates (subject to hydrolysis) is 1. The maximum absolute atomic E-state index is 12.4. The van der Waals surface area contributed by atoms with Crippen molar-refractivity contribution in [1.29, 1.82) is 0 Å². The van der Waals surface area contributed by atoms with Crippen molar-refractivity contribution >= 4 is 39.3 Å². The van der Waals surface area contributed by atoms with Crippen molar-refractivity contribution in [2.24, 2.45) is 5.92 Å². The van der Waals surface area contributed by atoms with Crippen LogP contribution in [0.25, 0.3) is 11.1 Å². The van der Waals surface area contributed by atoms with E-state index in [2.05, 4.69) is 55.8 Å². The largest absolute Gasteiger partial charge is 0.449 e. The molecule has 2 aromatic carbocycles. The van der Waals surface area contributed by atoms with Gasteiger partial charge in [0.1, 0.15) is 22.8 Å². The van der Waals surface area contributed by atoms with Gasteiger partial charge in [-0.15, -0.1) is 11.3 Å². The molecule has 1 heterocycles. The number of fused-ring (bicyclic) bond motifs is 3. The lowest BCUT2D eigenvalue weighted by Crippen LogP contribution is -2.40. The summed E-state index contributed by atoms with van der Waals surface area (Å²) in [5.74, 6) is -0.148. The van der Waals surface area contributed by atoms with Crippen molar-refractivity contribution in [3.8, 4) is 11.1 Å². The number of amides is 2. The van der Waals surface area contributed by atoms with E-state index in [-0.39, 0.29) is 36.9 Å². The van der Waals surface area contributed by atoms with Crippen LogP contribution in [0.15, 0.2) is 58.5 Å². The summed E-state index contributed by atoms with van der Waals surface area (Å²) < 4.78 is 6.23. The third kappa shape index (κ3) is 4.86. The summed E-state index contributed by atoms with van der Waals surface area (Å²) >= 11 is 4.82. The van der Waals surface area contributed by atoms with Gasteiger partial charge in [-0.1, -0.05) is 62.4 Å². The highest BCUT2D eigenvalue weighted by Crippen LogP contribution is 2.44. The third-order valence-electron chi connectivity index (χ3n) is 5.48. The molecule has 0 spiro atoms. The minimum Gasteiger partial charge on any atom is -0.449 e. The fourth-order valence-electron chi connectivity index (χ4n) is 3.95. The molecule has 166 valence electrons. The Morgan fingerprint density at radius 1 is 1.09 bits per heavy atom. The van der Waals surface area contributed by atoms with Crippen LogP contribution in [-0.4, -0.2) is 30.1 Å². The first kappa shape index (κ1) is 22.5. The second-order valence-corrected chi connectivity index (χ2v) is 9.68. The number of ether oxygens (including phenoxy) is 1. The fourth-order valence-corrected chi connectivity index (χ4v) is 5.44. The smallest absolute Gasteiger partial charge is 0.407 e. The van der Waals surface area contributed by atoms with E-state index >= 15 is 0 Å². The van der Waals surface area contributed by atoms with E-state index in [9.17, 15) is 9.59 Å². The molecule has 4 rings (SSSR count). The van der Waals surface area contributed by atoms with Crippen molar-refractivity contribution in [1.82, 2.24) is 15.6 Å². The number of thiazole rings is 1. The Morgan fingerprint density at radius 3 is 2.28 bits per heavy atom. The van der Waals surface area contributed by atoms with Crippen LogP contribution in [0.5, 0.6) is 0 Å². The van der Waals surface area contributed by atoms with Crippen LogP contribution in [0.1, 0.15) is 41.9 Å². The van der Waals surface area contributed by atoms with E-state index in [0.717, 1.165) is 20.7 Å². The average molecular weight is 514 g/mol. The van der Waals surface area contributed by atoms with E-state index in [1.165, 1.54) is 22.5 Å². The summed E-state index contributed by atoms with van der Waals surface area (Å²) in [5.41, 5.74) is 4.64. The van der Waals surface area contributed by atoms with Crippen LogP contribution >= 0.6 is 27.3 Å². The number of hydrogen-bond donors (Lipinski definition) is 2. The summed E-state index contributed by atoms with van der Waals surface area (Å²) in [4.78, 5) is 29.1. The third-order valence-corrected chi connectivity index (χ3v) is 7.12. The molecule has 6 nitrogen and oxygen atoms in total. The molecular weight excluding hydrogens is 490 g/mol. The molecule has 1 aromatic heterocycles. The van der Waals surface area contributed by atoms with Crippen LogP contribution in [-0.2, 0) is 9.53 Å². The molecule has 2 amide bonds. The van der Waals surface area contributed by atoms with Gasteiger partial charge in [0.15, 0.2) is 0 Å². The molecule has 32 heavy (non-hydrogen) atoms. The molecule has 2 N–H and O–H groups in total. The van der Waals surface area contributed by atoms with Crippen molar-refractivity contribution in [3.63, 3.8) is 0 Å². The number of hydrogen-bond acceptors (Lipinski definition) is 5. The first-order valence-corrected chi connectivity index (χ1v) is 12.1. The number of halogens is 1. The van der Waals surface area contributed by atoms with Gasteiger partial charge in [-0.05, 0) is 44.1 Å². The summed E-state index contributed by atoms with van der Waals surface area (Å²) in [6.45, 7) is 4.08. The van der Waals surface area contributed by atoms with Crippen molar-refractivity contribution < 1.29 is 14.3 Å². The average Bonchev–Trinajstić information content (AvgIpc) is 3.35. The van der Waals surface area contributed by atoms with Crippen molar-refractivity contribution in [2.45, 2.75) is 25.8 Å². The zero-order chi connectivity index (χ0) is 22.7. The van der Waals surface area contributed by atoms with Gasteiger partial charge >= 0.3 is 6.09 Å². The number of benzene rings is 2. The minimum absolute atomic E-state index is 0.0179. The second kappa shape index (κ2) is 9.83. The quantitative estimate of drug-likeness (QED) is 0.451. The molecule has 0 saturated heterocycles. The fraction of sp³-hybridized carbons (Fsp3) is 0.292. The SMILES string of the molecule is CC(C)[C@H](NC(=O)CNC(=O)OCC1c2ccccc2-c2ccccc21)c1nc(Br)cs1. The Balaban J connectivity index is 1.31. The Bertz CT molecular complexity index is 1090. The van der Waals surface area contributed by atoms with Gasteiger partial charge in [0, 0.05) is 11.3 Å². The Kier molecular flexibility index (Phi) is 6.91. The van der Waals surface area contributed by atoms with Gasteiger partial charge in [-0.3, -0.25) is 4.79 Å². The molecule has 1 aliphatic carbocycles. The molecule has 1 atom stereocenters. The highest BCUT2D eigenvalue weighted by atomic mass is 79.9. The van der Waals surface area contributed by atoms with Crippen LogP contribution < -0.4 is 10.6 Å². The Morgan fingerprint density at radius 2 is 1.72 bits per heavy atom. The van der Waals surface area contributed by atoms with Gasteiger partial charge in [0.25, 0.3) is 0 Å². The summed E-state index contributed by atoms with van der Waals surface area (Å²) in [7, 11) is 0.